The molecule has 0 spiro atoms. The molecule has 15 heteroatoms. The SMILES string of the molecule is CC(C)C1NC(=O)C(CC(N)=O)NC(=O)[C@H](C)NC(=O)C(CO)NC(=O)[C@@H](N)CSC1C(=O)O. The van der Waals surface area contributed by atoms with E-state index in [9.17, 15) is 39.0 Å². The predicted octanol–water partition coefficient (Wildman–Crippen LogP) is -4.00. The predicted molar refractivity (Wildman–Crippen MR) is 121 cm³/mol. The van der Waals surface area contributed by atoms with Crippen LogP contribution in [0.15, 0.2) is 0 Å². The Bertz CT molecular complexity index is 810. The third-order valence-electron chi connectivity index (χ3n) is 4.99. The minimum Gasteiger partial charge on any atom is -0.480 e. The molecule has 1 heterocycles. The van der Waals surface area contributed by atoms with Gasteiger partial charge in [0.1, 0.15) is 23.4 Å². The van der Waals surface area contributed by atoms with E-state index in [0.717, 1.165) is 11.8 Å². The van der Waals surface area contributed by atoms with Crippen LogP contribution in [-0.4, -0.2) is 93.5 Å². The zero-order chi connectivity index (χ0) is 26.2. The van der Waals surface area contributed by atoms with Crippen LogP contribution in [-0.2, 0) is 28.8 Å². The molecule has 0 aliphatic carbocycles. The molecule has 6 atom stereocenters. The molecule has 10 N–H and O–H groups in total. The van der Waals surface area contributed by atoms with Crippen molar-refractivity contribution in [1.82, 2.24) is 21.3 Å². The van der Waals surface area contributed by atoms with Gasteiger partial charge in [0.15, 0.2) is 0 Å². The molecule has 0 bridgehead atoms. The second-order valence-corrected chi connectivity index (χ2v) is 9.36. The molecular weight excluding hydrogens is 472 g/mol. The Morgan fingerprint density at radius 1 is 1.00 bits per heavy atom. The fraction of sp³-hybridized carbons (Fsp3) is 0.684. The highest BCUT2D eigenvalue weighted by molar-refractivity contribution is 8.00. The van der Waals surface area contributed by atoms with Gasteiger partial charge in [-0.05, 0) is 12.8 Å². The zero-order valence-corrected chi connectivity index (χ0v) is 19.9. The van der Waals surface area contributed by atoms with Crippen molar-refractivity contribution >= 4 is 47.3 Å². The number of amides is 5. The maximum absolute atomic E-state index is 12.9. The summed E-state index contributed by atoms with van der Waals surface area (Å²) < 4.78 is 0. The molecule has 0 aromatic carbocycles. The summed E-state index contributed by atoms with van der Waals surface area (Å²) in [7, 11) is 0. The summed E-state index contributed by atoms with van der Waals surface area (Å²) in [6, 6.07) is -6.31. The number of aliphatic hydroxyl groups excluding tert-OH is 1. The second-order valence-electron chi connectivity index (χ2n) is 8.18. The molecule has 1 fully saturated rings. The van der Waals surface area contributed by atoms with Crippen molar-refractivity contribution in [3.8, 4) is 0 Å². The maximum atomic E-state index is 12.9. The molecule has 1 saturated heterocycles. The Morgan fingerprint density at radius 2 is 1.56 bits per heavy atom. The lowest BCUT2D eigenvalue weighted by molar-refractivity contribution is -0.138. The van der Waals surface area contributed by atoms with Crippen molar-refractivity contribution < 1.29 is 39.0 Å². The Labute approximate surface area is 200 Å². The number of aliphatic hydroxyl groups is 1. The zero-order valence-electron chi connectivity index (χ0n) is 19.1. The second kappa shape index (κ2) is 13.1. The van der Waals surface area contributed by atoms with Gasteiger partial charge < -0.3 is 42.9 Å². The molecule has 1 rings (SSSR count). The highest BCUT2D eigenvalue weighted by Crippen LogP contribution is 2.22. The van der Waals surface area contributed by atoms with E-state index in [4.69, 9.17) is 11.5 Å². The average Bonchev–Trinajstić information content (AvgIpc) is 2.74. The maximum Gasteiger partial charge on any atom is 0.318 e. The fourth-order valence-electron chi connectivity index (χ4n) is 3.03. The molecule has 34 heavy (non-hydrogen) atoms. The number of nitrogens with two attached hydrogens (primary N) is 2. The van der Waals surface area contributed by atoms with Gasteiger partial charge in [-0.1, -0.05) is 13.8 Å². The first-order valence-electron chi connectivity index (χ1n) is 10.5. The van der Waals surface area contributed by atoms with Gasteiger partial charge >= 0.3 is 5.97 Å². The third-order valence-corrected chi connectivity index (χ3v) is 6.40. The summed E-state index contributed by atoms with van der Waals surface area (Å²) in [5, 5.41) is 27.4. The van der Waals surface area contributed by atoms with E-state index in [1.165, 1.54) is 6.92 Å². The van der Waals surface area contributed by atoms with Crippen molar-refractivity contribution in [2.45, 2.75) is 62.7 Å². The molecule has 0 saturated carbocycles. The van der Waals surface area contributed by atoms with Crippen LogP contribution < -0.4 is 32.7 Å². The lowest BCUT2D eigenvalue weighted by atomic mass is 9.99. The minimum absolute atomic E-state index is 0.181. The number of carboxylic acid groups (broad SMARTS) is 1. The number of primary amides is 1. The number of thioether (sulfide) groups is 1. The van der Waals surface area contributed by atoms with Crippen LogP contribution in [0.2, 0.25) is 0 Å². The summed E-state index contributed by atoms with van der Waals surface area (Å²) in [5.41, 5.74) is 11.0. The molecule has 1 aliphatic rings. The standard InChI is InChI=1S/C19H32N6O8S/c1-7(2)13-14(19(32)33)34-6-9(20)16(29)24-11(5-26)18(31)22-8(3)15(28)23-10(4-12(21)27)17(30)25-13/h7-11,13-14,26H,4-6,20H2,1-3H3,(H2,21,27)(H,22,31)(H,23,28)(H,24,29)(H,25,30)(H,32,33)/t8-,9-,10?,11?,13?,14?/m0/s1. The number of hydrogen-bond donors (Lipinski definition) is 8. The van der Waals surface area contributed by atoms with Gasteiger partial charge in [-0.25, -0.2) is 0 Å². The van der Waals surface area contributed by atoms with E-state index in [1.54, 1.807) is 13.8 Å². The lowest BCUT2D eigenvalue weighted by Crippen LogP contribution is -2.60. The topological polar surface area (TPSA) is 243 Å². The summed E-state index contributed by atoms with van der Waals surface area (Å²) in [4.78, 5) is 73.7. The van der Waals surface area contributed by atoms with Crippen LogP contribution in [0, 0.1) is 5.92 Å². The average molecular weight is 505 g/mol. The van der Waals surface area contributed by atoms with Crippen LogP contribution in [0.25, 0.3) is 0 Å². The van der Waals surface area contributed by atoms with Gasteiger partial charge in [-0.2, -0.15) is 0 Å². The van der Waals surface area contributed by atoms with Gasteiger partial charge in [-0.15, -0.1) is 11.8 Å². The number of carbonyl (C=O) groups is 6. The Morgan fingerprint density at radius 3 is 2.06 bits per heavy atom. The first-order valence-corrected chi connectivity index (χ1v) is 11.5. The largest absolute Gasteiger partial charge is 0.480 e. The molecular formula is C19H32N6O8S. The number of nitrogens with one attached hydrogen (secondary N) is 4. The molecule has 0 aromatic heterocycles. The van der Waals surface area contributed by atoms with Gasteiger partial charge in [0, 0.05) is 5.75 Å². The highest BCUT2D eigenvalue weighted by atomic mass is 32.2. The summed E-state index contributed by atoms with van der Waals surface area (Å²) in [5.74, 6) is -6.18. The lowest BCUT2D eigenvalue weighted by Gasteiger charge is -2.31. The summed E-state index contributed by atoms with van der Waals surface area (Å²) in [6.45, 7) is 3.81. The molecule has 4 unspecified atom stereocenters. The minimum atomic E-state index is -1.44. The van der Waals surface area contributed by atoms with Gasteiger partial charge in [0.2, 0.25) is 29.5 Å². The van der Waals surface area contributed by atoms with E-state index in [2.05, 4.69) is 21.3 Å². The fourth-order valence-corrected chi connectivity index (χ4v) is 4.33. The van der Waals surface area contributed by atoms with E-state index < -0.39 is 89.9 Å². The van der Waals surface area contributed by atoms with E-state index in [0.29, 0.717) is 0 Å². The van der Waals surface area contributed by atoms with Crippen LogP contribution >= 0.6 is 11.8 Å². The monoisotopic (exact) mass is 504 g/mol. The molecule has 5 amide bonds. The first-order chi connectivity index (χ1) is 15.8. The third kappa shape index (κ3) is 8.46. The van der Waals surface area contributed by atoms with Crippen LogP contribution in [0.4, 0.5) is 0 Å². The molecule has 192 valence electrons. The van der Waals surface area contributed by atoms with E-state index in [-0.39, 0.29) is 5.75 Å². The number of hydrogen-bond acceptors (Lipinski definition) is 9. The Hall–Kier alpha value is -2.91. The van der Waals surface area contributed by atoms with Crippen molar-refractivity contribution in [3.63, 3.8) is 0 Å². The number of rotatable bonds is 5. The van der Waals surface area contributed by atoms with Crippen LogP contribution in [0.1, 0.15) is 27.2 Å². The Kier molecular flexibility index (Phi) is 11.2. The summed E-state index contributed by atoms with van der Waals surface area (Å²) >= 11 is 0.799. The van der Waals surface area contributed by atoms with Gasteiger partial charge in [-0.3, -0.25) is 28.8 Å². The number of carboxylic acids is 1. The van der Waals surface area contributed by atoms with E-state index >= 15 is 0 Å². The van der Waals surface area contributed by atoms with Crippen LogP contribution in [0.3, 0.4) is 0 Å². The van der Waals surface area contributed by atoms with Gasteiger partial charge in [0.25, 0.3) is 0 Å². The van der Waals surface area contributed by atoms with Crippen molar-refractivity contribution in [2.75, 3.05) is 12.4 Å². The van der Waals surface area contributed by atoms with Crippen molar-refractivity contribution in [2.24, 2.45) is 17.4 Å². The number of aliphatic carboxylic acids is 1. The van der Waals surface area contributed by atoms with Crippen LogP contribution in [0.5, 0.6) is 0 Å². The normalized spacial score (nSPS) is 30.1. The van der Waals surface area contributed by atoms with Gasteiger partial charge in [0.05, 0.1) is 25.1 Å². The molecule has 0 aromatic rings. The Balaban J connectivity index is 3.37. The molecule has 1 aliphatic heterocycles. The van der Waals surface area contributed by atoms with E-state index in [1.807, 2.05) is 0 Å². The quantitative estimate of drug-likeness (QED) is 0.180. The smallest absolute Gasteiger partial charge is 0.318 e. The number of carbonyl (C=O) groups excluding carboxylic acids is 5. The highest BCUT2D eigenvalue weighted by Gasteiger charge is 2.36. The van der Waals surface area contributed by atoms with Crippen molar-refractivity contribution in [3.05, 3.63) is 0 Å². The molecule has 14 nitrogen and oxygen atoms in total. The molecule has 0 radical (unpaired) electrons. The van der Waals surface area contributed by atoms with Crippen molar-refractivity contribution in [1.29, 1.82) is 0 Å². The first kappa shape index (κ1) is 29.1. The summed E-state index contributed by atoms with van der Waals surface area (Å²) in [6.07, 6.45) is -0.575.